The number of carbonyl (C=O) groups excluding carboxylic acids is 1. The SMILES string of the molecule is COc1ccc(CCN2C(=O)CN(CCCc3ccccn3)C2c2ccc(C(C)(C)C)cc2)cc1. The Bertz CT molecular complexity index is 1090. The largest absolute Gasteiger partial charge is 0.497 e. The molecule has 0 radical (unpaired) electrons. The van der Waals surface area contributed by atoms with Crippen LogP contribution in [-0.4, -0.2) is 47.4 Å². The highest BCUT2D eigenvalue weighted by Crippen LogP contribution is 2.33. The first kappa shape index (κ1) is 24.9. The number of pyridine rings is 1. The van der Waals surface area contributed by atoms with Gasteiger partial charge in [-0.25, -0.2) is 0 Å². The minimum absolute atomic E-state index is 0.0431. The number of nitrogens with zero attached hydrogens (tertiary/aromatic N) is 3. The highest BCUT2D eigenvalue weighted by Gasteiger charge is 2.38. The van der Waals surface area contributed by atoms with E-state index in [0.29, 0.717) is 13.1 Å². The number of benzene rings is 2. The number of rotatable bonds is 9. The molecule has 35 heavy (non-hydrogen) atoms. The van der Waals surface area contributed by atoms with Crippen LogP contribution < -0.4 is 4.74 Å². The summed E-state index contributed by atoms with van der Waals surface area (Å²) in [5.41, 5.74) is 4.88. The maximum Gasteiger partial charge on any atom is 0.238 e. The Labute approximate surface area is 209 Å². The summed E-state index contributed by atoms with van der Waals surface area (Å²) >= 11 is 0. The molecule has 3 aromatic rings. The molecular weight excluding hydrogens is 434 g/mol. The fraction of sp³-hybridized carbons (Fsp3) is 0.400. The van der Waals surface area contributed by atoms with Crippen molar-refractivity contribution in [3.05, 3.63) is 95.3 Å². The molecule has 4 rings (SSSR count). The molecular formula is C30H37N3O2. The van der Waals surface area contributed by atoms with Crippen LogP contribution in [0.5, 0.6) is 5.75 Å². The Morgan fingerprint density at radius 1 is 0.943 bits per heavy atom. The Balaban J connectivity index is 1.51. The van der Waals surface area contributed by atoms with Crippen LogP contribution in [0.3, 0.4) is 0 Å². The average Bonchev–Trinajstić information content (AvgIpc) is 3.18. The van der Waals surface area contributed by atoms with Gasteiger partial charge in [0.05, 0.1) is 13.7 Å². The lowest BCUT2D eigenvalue weighted by Crippen LogP contribution is -2.34. The van der Waals surface area contributed by atoms with Gasteiger partial charge in [0.2, 0.25) is 5.91 Å². The fourth-order valence-electron chi connectivity index (χ4n) is 4.73. The van der Waals surface area contributed by atoms with Gasteiger partial charge in [-0.2, -0.15) is 0 Å². The summed E-state index contributed by atoms with van der Waals surface area (Å²) in [4.78, 5) is 22.0. The van der Waals surface area contributed by atoms with Gasteiger partial charge in [-0.15, -0.1) is 0 Å². The monoisotopic (exact) mass is 471 g/mol. The molecule has 5 nitrogen and oxygen atoms in total. The van der Waals surface area contributed by atoms with E-state index in [0.717, 1.165) is 37.3 Å². The summed E-state index contributed by atoms with van der Waals surface area (Å²) in [5.74, 6) is 1.04. The molecule has 5 heteroatoms. The van der Waals surface area contributed by atoms with Crippen molar-refractivity contribution >= 4 is 5.91 Å². The zero-order valence-electron chi connectivity index (χ0n) is 21.4. The first-order chi connectivity index (χ1) is 16.8. The molecule has 0 N–H and O–H groups in total. The van der Waals surface area contributed by atoms with Crippen molar-refractivity contribution < 1.29 is 9.53 Å². The van der Waals surface area contributed by atoms with Gasteiger partial charge >= 0.3 is 0 Å². The van der Waals surface area contributed by atoms with Crippen LogP contribution in [0.2, 0.25) is 0 Å². The van der Waals surface area contributed by atoms with Crippen molar-refractivity contribution in [3.63, 3.8) is 0 Å². The molecule has 1 unspecified atom stereocenters. The van der Waals surface area contributed by atoms with Crippen LogP contribution in [0.4, 0.5) is 0 Å². The van der Waals surface area contributed by atoms with E-state index < -0.39 is 0 Å². The second kappa shape index (κ2) is 11.0. The Hall–Kier alpha value is -3.18. The average molecular weight is 472 g/mol. The maximum absolute atomic E-state index is 13.2. The molecule has 1 fully saturated rings. The van der Waals surface area contributed by atoms with Crippen LogP contribution in [-0.2, 0) is 23.1 Å². The molecule has 0 bridgehead atoms. The molecule has 1 amide bonds. The fourth-order valence-corrected chi connectivity index (χ4v) is 4.73. The van der Waals surface area contributed by atoms with Crippen LogP contribution in [0.1, 0.15) is 55.7 Å². The normalized spacial score (nSPS) is 16.6. The van der Waals surface area contributed by atoms with Crippen molar-refractivity contribution in [3.8, 4) is 5.75 Å². The summed E-state index contributed by atoms with van der Waals surface area (Å²) in [5, 5.41) is 0. The number of aromatic nitrogens is 1. The number of hydrogen-bond acceptors (Lipinski definition) is 4. The number of carbonyl (C=O) groups is 1. The van der Waals surface area contributed by atoms with Crippen molar-refractivity contribution in [1.82, 2.24) is 14.8 Å². The van der Waals surface area contributed by atoms with Crippen molar-refractivity contribution in [2.75, 3.05) is 26.7 Å². The summed E-state index contributed by atoms with van der Waals surface area (Å²) < 4.78 is 5.28. The predicted octanol–water partition coefficient (Wildman–Crippen LogP) is 5.41. The minimum Gasteiger partial charge on any atom is -0.497 e. The molecule has 2 aromatic carbocycles. The first-order valence-electron chi connectivity index (χ1n) is 12.5. The van der Waals surface area contributed by atoms with E-state index in [-0.39, 0.29) is 17.5 Å². The van der Waals surface area contributed by atoms with Gasteiger partial charge in [0.15, 0.2) is 0 Å². The Morgan fingerprint density at radius 2 is 1.69 bits per heavy atom. The third kappa shape index (κ3) is 6.29. The molecule has 2 heterocycles. The lowest BCUT2D eigenvalue weighted by molar-refractivity contribution is -0.128. The molecule has 1 atom stereocenters. The van der Waals surface area contributed by atoms with Crippen LogP contribution in [0.25, 0.3) is 0 Å². The standard InChI is InChI=1S/C30H37N3O2/c1-30(2,3)25-14-12-24(13-15-25)29-32(20-7-9-26-8-5-6-19-31-26)22-28(34)33(29)21-18-23-10-16-27(35-4)17-11-23/h5-6,8,10-17,19,29H,7,9,18,20-22H2,1-4H3. The second-order valence-electron chi connectivity index (χ2n) is 10.3. The third-order valence-corrected chi connectivity index (χ3v) is 6.78. The highest BCUT2D eigenvalue weighted by atomic mass is 16.5. The zero-order valence-corrected chi connectivity index (χ0v) is 21.4. The topological polar surface area (TPSA) is 45.7 Å². The van der Waals surface area contributed by atoms with Crippen molar-refractivity contribution in [2.45, 2.75) is 51.6 Å². The molecule has 0 aliphatic carbocycles. The quantitative estimate of drug-likeness (QED) is 0.419. The number of amides is 1. The van der Waals surface area contributed by atoms with E-state index in [9.17, 15) is 4.79 Å². The van der Waals surface area contributed by atoms with Gasteiger partial charge in [0.25, 0.3) is 0 Å². The number of hydrogen-bond donors (Lipinski definition) is 0. The predicted molar refractivity (Wildman–Crippen MR) is 140 cm³/mol. The lowest BCUT2D eigenvalue weighted by atomic mass is 9.86. The summed E-state index contributed by atoms with van der Waals surface area (Å²) in [6, 6.07) is 23.0. The van der Waals surface area contributed by atoms with Crippen LogP contribution in [0, 0.1) is 0 Å². The summed E-state index contributed by atoms with van der Waals surface area (Å²) in [7, 11) is 1.68. The van der Waals surface area contributed by atoms with E-state index >= 15 is 0 Å². The number of methoxy groups -OCH3 is 1. The second-order valence-corrected chi connectivity index (χ2v) is 10.3. The van der Waals surface area contributed by atoms with Crippen LogP contribution in [0.15, 0.2) is 72.9 Å². The maximum atomic E-state index is 13.2. The molecule has 184 valence electrons. The molecule has 0 spiro atoms. The van der Waals surface area contributed by atoms with E-state index in [1.54, 1.807) is 7.11 Å². The van der Waals surface area contributed by atoms with Crippen molar-refractivity contribution in [2.24, 2.45) is 0 Å². The van der Waals surface area contributed by atoms with Gasteiger partial charge in [-0.05, 0) is 65.6 Å². The van der Waals surface area contributed by atoms with Gasteiger partial charge < -0.3 is 9.64 Å². The Kier molecular flexibility index (Phi) is 7.86. The summed E-state index contributed by atoms with van der Waals surface area (Å²) in [6.07, 6.45) is 4.49. The van der Waals surface area contributed by atoms with E-state index in [4.69, 9.17) is 4.74 Å². The van der Waals surface area contributed by atoms with Crippen LogP contribution >= 0.6 is 0 Å². The smallest absolute Gasteiger partial charge is 0.238 e. The molecule has 1 saturated heterocycles. The van der Waals surface area contributed by atoms with Gasteiger partial charge in [0.1, 0.15) is 11.9 Å². The minimum atomic E-state index is -0.0431. The number of aryl methyl sites for hydroxylation is 1. The molecule has 0 saturated carbocycles. The number of ether oxygens (including phenoxy) is 1. The Morgan fingerprint density at radius 3 is 2.31 bits per heavy atom. The van der Waals surface area contributed by atoms with E-state index in [2.05, 4.69) is 78.0 Å². The van der Waals surface area contributed by atoms with Crippen molar-refractivity contribution in [1.29, 1.82) is 0 Å². The van der Waals surface area contributed by atoms with Gasteiger partial charge in [-0.1, -0.05) is 63.2 Å². The molecule has 1 aromatic heterocycles. The molecule has 1 aliphatic rings. The first-order valence-corrected chi connectivity index (χ1v) is 12.5. The highest BCUT2D eigenvalue weighted by molar-refractivity contribution is 5.81. The van der Waals surface area contributed by atoms with E-state index in [1.165, 1.54) is 16.7 Å². The van der Waals surface area contributed by atoms with Gasteiger partial charge in [0, 0.05) is 25.0 Å². The van der Waals surface area contributed by atoms with E-state index in [1.807, 2.05) is 30.5 Å². The van der Waals surface area contributed by atoms with Gasteiger partial charge in [-0.3, -0.25) is 14.7 Å². The third-order valence-electron chi connectivity index (χ3n) is 6.78. The molecule has 1 aliphatic heterocycles. The summed E-state index contributed by atoms with van der Waals surface area (Å²) in [6.45, 7) is 8.68. The zero-order chi connectivity index (χ0) is 24.8. The lowest BCUT2D eigenvalue weighted by Gasteiger charge is -2.31.